The maximum atomic E-state index is 14.0. The number of non-ortho nitro benzene ring substituents is 1. The number of hydrogen-bond acceptors (Lipinski definition) is 9. The van der Waals surface area contributed by atoms with E-state index in [-0.39, 0.29) is 40.2 Å². The van der Waals surface area contributed by atoms with E-state index in [4.69, 9.17) is 16.3 Å². The van der Waals surface area contributed by atoms with E-state index in [0.717, 1.165) is 21.8 Å². The van der Waals surface area contributed by atoms with Crippen molar-refractivity contribution in [3.05, 3.63) is 83.3 Å². The van der Waals surface area contributed by atoms with Crippen LogP contribution in [0.25, 0.3) is 0 Å². The van der Waals surface area contributed by atoms with Gasteiger partial charge in [0.25, 0.3) is 5.69 Å². The van der Waals surface area contributed by atoms with Gasteiger partial charge in [-0.05, 0) is 53.9 Å². The molecule has 7 unspecified atom stereocenters. The van der Waals surface area contributed by atoms with Crippen molar-refractivity contribution in [2.45, 2.75) is 49.1 Å². The number of H-pyrrole nitrogens is 1. The van der Waals surface area contributed by atoms with Gasteiger partial charge >= 0.3 is 10.8 Å². The fraction of sp³-hybridized carbons (Fsp3) is 0.419. The van der Waals surface area contributed by atoms with Crippen LogP contribution in [-0.2, 0) is 21.0 Å². The van der Waals surface area contributed by atoms with E-state index in [1.165, 1.54) is 23.9 Å². The number of ether oxygens (including phenoxy) is 1. The summed E-state index contributed by atoms with van der Waals surface area (Å²) in [6.07, 6.45) is 0.589. The fourth-order valence-electron chi connectivity index (χ4n) is 8.17. The predicted molar refractivity (Wildman–Crippen MR) is 165 cm³/mol. The van der Waals surface area contributed by atoms with Crippen molar-refractivity contribution in [1.29, 1.82) is 0 Å². The molecule has 45 heavy (non-hydrogen) atoms. The van der Waals surface area contributed by atoms with Gasteiger partial charge in [0.1, 0.15) is 18.4 Å². The number of nitro groups is 1. The molecular formula is C31H28ClN3O8S2. The lowest BCUT2D eigenvalue weighted by Crippen LogP contribution is -2.49. The van der Waals surface area contributed by atoms with E-state index in [0.29, 0.717) is 32.7 Å². The third-order valence-corrected chi connectivity index (χ3v) is 12.6. The number of imide groups is 1. The quantitative estimate of drug-likeness (QED) is 0.188. The maximum Gasteiger partial charge on any atom is 0.327 e. The second-order valence-corrected chi connectivity index (χ2v) is 15.1. The lowest BCUT2D eigenvalue weighted by atomic mass is 9.68. The Kier molecular flexibility index (Phi) is 7.33. The van der Waals surface area contributed by atoms with Crippen LogP contribution in [-0.4, -0.2) is 49.0 Å². The number of carbonyl (C=O) groups is 3. The largest absolute Gasteiger partial charge is 0.489 e. The third kappa shape index (κ3) is 4.69. The number of nitrogens with one attached hydrogen (secondary N) is 1. The molecule has 1 saturated heterocycles. The Bertz CT molecular complexity index is 1820. The molecular weight excluding hydrogens is 642 g/mol. The summed E-state index contributed by atoms with van der Waals surface area (Å²) >= 11 is 8.68. The van der Waals surface area contributed by atoms with E-state index in [1.54, 1.807) is 38.1 Å². The van der Waals surface area contributed by atoms with E-state index in [1.807, 2.05) is 6.07 Å². The van der Waals surface area contributed by atoms with Crippen LogP contribution >= 0.6 is 34.7 Å². The minimum absolute atomic E-state index is 0.139. The monoisotopic (exact) mass is 669 g/mol. The average molecular weight is 670 g/mol. The normalized spacial score (nSPS) is 28.6. The number of aliphatic carboxylic acids is 1. The molecule has 234 valence electrons. The zero-order valence-electron chi connectivity index (χ0n) is 24.0. The van der Waals surface area contributed by atoms with Gasteiger partial charge in [-0.25, -0.2) is 4.79 Å². The van der Waals surface area contributed by atoms with E-state index in [9.17, 15) is 34.4 Å². The summed E-state index contributed by atoms with van der Waals surface area (Å²) in [6.45, 7) is 3.49. The summed E-state index contributed by atoms with van der Waals surface area (Å²) in [5, 5.41) is 22.9. The number of carbonyl (C=O) groups excluding carboxylic acids is 2. The van der Waals surface area contributed by atoms with Gasteiger partial charge in [-0.3, -0.25) is 29.4 Å². The fourth-order valence-corrected chi connectivity index (χ4v) is 11.3. The number of thioether (sulfide) groups is 1. The Labute approximate surface area is 270 Å². The highest BCUT2D eigenvalue weighted by Crippen LogP contribution is 2.69. The molecule has 2 aliphatic heterocycles. The smallest absolute Gasteiger partial charge is 0.327 e. The summed E-state index contributed by atoms with van der Waals surface area (Å²) in [4.78, 5) is 68.5. The number of aromatic nitrogens is 1. The molecule has 0 spiro atoms. The molecule has 2 amide bonds. The van der Waals surface area contributed by atoms with Crippen molar-refractivity contribution in [3.63, 3.8) is 0 Å². The van der Waals surface area contributed by atoms with Gasteiger partial charge in [0.2, 0.25) is 11.8 Å². The number of rotatable bonds is 8. The van der Waals surface area contributed by atoms with Crippen LogP contribution in [0.1, 0.15) is 42.2 Å². The van der Waals surface area contributed by atoms with Crippen LogP contribution in [0.15, 0.2) is 52.3 Å². The molecule has 2 bridgehead atoms. The van der Waals surface area contributed by atoms with Gasteiger partial charge in [0.05, 0.1) is 21.8 Å². The maximum absolute atomic E-state index is 14.0. The molecule has 4 aliphatic rings. The van der Waals surface area contributed by atoms with Crippen molar-refractivity contribution in [2.24, 2.45) is 35.5 Å². The van der Waals surface area contributed by atoms with Gasteiger partial charge in [-0.2, -0.15) is 0 Å². The molecule has 1 aromatic heterocycles. The molecule has 14 heteroatoms. The highest BCUT2D eigenvalue weighted by molar-refractivity contribution is 8.00. The number of carboxylic acid groups (broad SMARTS) is 1. The summed E-state index contributed by atoms with van der Waals surface area (Å²) in [5.41, 5.74) is 1.19. The van der Waals surface area contributed by atoms with Crippen molar-refractivity contribution in [1.82, 2.24) is 9.88 Å². The zero-order valence-corrected chi connectivity index (χ0v) is 26.4. The van der Waals surface area contributed by atoms with Crippen molar-refractivity contribution >= 4 is 58.2 Å². The first kappa shape index (κ1) is 30.0. The lowest BCUT2D eigenvalue weighted by molar-refractivity contribution is -0.385. The predicted octanol–water partition coefficient (Wildman–Crippen LogP) is 5.16. The first-order chi connectivity index (χ1) is 21.5. The molecule has 2 aliphatic carbocycles. The van der Waals surface area contributed by atoms with Crippen molar-refractivity contribution in [2.75, 3.05) is 0 Å². The number of thiazole rings is 1. The van der Waals surface area contributed by atoms with Crippen molar-refractivity contribution in [3.8, 4) is 5.75 Å². The summed E-state index contributed by atoms with van der Waals surface area (Å²) < 4.78 is 6.28. The molecule has 2 aromatic carbocycles. The van der Waals surface area contributed by atoms with Crippen LogP contribution in [0.5, 0.6) is 5.75 Å². The molecule has 8 atom stereocenters. The van der Waals surface area contributed by atoms with Crippen LogP contribution in [0.3, 0.4) is 0 Å². The number of likely N-dealkylation sites (tertiary alicyclic amines) is 1. The van der Waals surface area contributed by atoms with E-state index < -0.39 is 52.4 Å². The number of nitro benzene ring substituents is 1. The molecule has 7 rings (SSSR count). The summed E-state index contributed by atoms with van der Waals surface area (Å²) in [6, 6.07) is 10.3. The molecule has 3 fully saturated rings. The number of benzene rings is 2. The Morgan fingerprint density at radius 2 is 1.89 bits per heavy atom. The molecule has 3 heterocycles. The molecule has 11 nitrogen and oxygen atoms in total. The SMILES string of the molecule is CC(C)C(C(=O)O)N1C(=O)C2C3CC(C2C1=O)C1C3Sc2[nH]c(=O)sc2[C@@H]1c1cc([N+](=O)[O-])ccc1OCc1cccc(Cl)c1. The van der Waals surface area contributed by atoms with Gasteiger partial charge in [-0.15, -0.1) is 11.8 Å². The number of nitrogens with zero attached hydrogens (tertiary/aromatic N) is 2. The number of hydrogen-bond donors (Lipinski definition) is 2. The van der Waals surface area contributed by atoms with Gasteiger partial charge in [0, 0.05) is 38.8 Å². The number of halogens is 1. The zero-order chi connectivity index (χ0) is 31.9. The summed E-state index contributed by atoms with van der Waals surface area (Å²) in [7, 11) is 0. The topological polar surface area (TPSA) is 160 Å². The second-order valence-electron chi connectivity index (χ2n) is 12.4. The first-order valence-electron chi connectivity index (χ1n) is 14.6. The van der Waals surface area contributed by atoms with Gasteiger partial charge in [-0.1, -0.05) is 48.9 Å². The standard InChI is InChI=1S/C31H28ClN3O8S2/c1-12(2)24(30(38)39)34-28(36)22-17-10-18(23(22)29(34)37)25-21(17)20(26-27(44-25)33-31(40)45-26)16-9-15(35(41)42)6-7-19(16)43-11-13-4-3-5-14(32)8-13/h3-9,12,17-18,20-25H,10-11H2,1-2H3,(H,33,40)(H,38,39)/t17?,18?,20-,21?,22?,23?,24?,25?/m1/s1. The Hall–Kier alpha value is -3.68. The lowest BCUT2D eigenvalue weighted by Gasteiger charge is -2.43. The number of carboxylic acids is 1. The summed E-state index contributed by atoms with van der Waals surface area (Å²) in [5.74, 6) is -4.85. The Morgan fingerprint density at radius 3 is 2.56 bits per heavy atom. The molecule has 0 radical (unpaired) electrons. The first-order valence-corrected chi connectivity index (χ1v) is 16.7. The van der Waals surface area contributed by atoms with Crippen molar-refractivity contribution < 1.29 is 29.2 Å². The van der Waals surface area contributed by atoms with Crippen LogP contribution in [0.4, 0.5) is 5.69 Å². The highest BCUT2D eigenvalue weighted by Gasteiger charge is 2.70. The van der Waals surface area contributed by atoms with Crippen LogP contribution in [0.2, 0.25) is 5.02 Å². The van der Waals surface area contributed by atoms with Crippen LogP contribution < -0.4 is 9.61 Å². The van der Waals surface area contributed by atoms with E-state index in [2.05, 4.69) is 4.98 Å². The van der Waals surface area contributed by atoms with E-state index >= 15 is 0 Å². The minimum Gasteiger partial charge on any atom is -0.489 e. The molecule has 2 N–H and O–H groups in total. The number of fused-ring (bicyclic) bond motifs is 9. The Balaban J connectivity index is 1.33. The highest BCUT2D eigenvalue weighted by atomic mass is 35.5. The third-order valence-electron chi connectivity index (χ3n) is 9.74. The van der Waals surface area contributed by atoms with Crippen LogP contribution in [0, 0.1) is 45.6 Å². The molecule has 2 saturated carbocycles. The average Bonchev–Trinajstić information content (AvgIpc) is 3.71. The number of amides is 2. The van der Waals surface area contributed by atoms with Gasteiger partial charge < -0.3 is 14.8 Å². The Morgan fingerprint density at radius 1 is 1.16 bits per heavy atom. The second kappa shape index (κ2) is 11.0. The minimum atomic E-state index is -1.26. The van der Waals surface area contributed by atoms with Gasteiger partial charge in [0.15, 0.2) is 0 Å². The number of aromatic amines is 1. The molecule has 3 aromatic rings.